The molecule has 6 nitrogen and oxygen atoms in total. The molecule has 0 aromatic heterocycles. The van der Waals surface area contributed by atoms with Crippen LogP contribution in [0.1, 0.15) is 59.3 Å². The summed E-state index contributed by atoms with van der Waals surface area (Å²) < 4.78 is 16.8. The van der Waals surface area contributed by atoms with Crippen LogP contribution in [0.25, 0.3) is 0 Å². The van der Waals surface area contributed by atoms with Gasteiger partial charge in [0.2, 0.25) is 0 Å². The van der Waals surface area contributed by atoms with Crippen molar-refractivity contribution in [1.29, 1.82) is 0 Å². The smallest absolute Gasteiger partial charge is 0.407 e. The number of rotatable bonds is 7. The van der Waals surface area contributed by atoms with Crippen molar-refractivity contribution >= 4 is 6.09 Å². The van der Waals surface area contributed by atoms with E-state index >= 15 is 0 Å². The number of piperidine rings is 1. The fourth-order valence-corrected chi connectivity index (χ4v) is 3.96. The molecule has 2 rings (SSSR count). The fraction of sp³-hybridized carbons (Fsp3) is 0.950. The number of carbonyl (C=O) groups is 1. The maximum atomic E-state index is 12.2. The Morgan fingerprint density at radius 3 is 2.62 bits per heavy atom. The molecule has 0 spiro atoms. The number of nitrogens with zero attached hydrogens (tertiary/aromatic N) is 1. The molecule has 2 fully saturated rings. The maximum absolute atomic E-state index is 12.2. The number of hydrogen-bond donors (Lipinski definition) is 1. The van der Waals surface area contributed by atoms with Crippen LogP contribution in [-0.2, 0) is 14.2 Å². The SMILES string of the molecule is COCCO[C@@H]1CCCN(CC2CCCCC2OC(=O)NC(C)(C)C)C1. The summed E-state index contributed by atoms with van der Waals surface area (Å²) in [4.78, 5) is 14.7. The molecule has 1 saturated carbocycles. The molecule has 1 aliphatic heterocycles. The van der Waals surface area contributed by atoms with Crippen molar-refractivity contribution in [1.82, 2.24) is 10.2 Å². The van der Waals surface area contributed by atoms with Gasteiger partial charge in [-0.1, -0.05) is 6.42 Å². The number of amides is 1. The highest BCUT2D eigenvalue weighted by atomic mass is 16.6. The number of hydrogen-bond acceptors (Lipinski definition) is 5. The highest BCUT2D eigenvalue weighted by Gasteiger charge is 2.32. The van der Waals surface area contributed by atoms with Crippen molar-refractivity contribution in [2.45, 2.75) is 77.0 Å². The van der Waals surface area contributed by atoms with E-state index in [0.29, 0.717) is 25.2 Å². The van der Waals surface area contributed by atoms with Gasteiger partial charge >= 0.3 is 6.09 Å². The highest BCUT2D eigenvalue weighted by Crippen LogP contribution is 2.29. The zero-order valence-electron chi connectivity index (χ0n) is 17.1. The minimum Gasteiger partial charge on any atom is -0.446 e. The van der Waals surface area contributed by atoms with Crippen LogP contribution in [0.15, 0.2) is 0 Å². The maximum Gasteiger partial charge on any atom is 0.407 e. The summed E-state index contributed by atoms with van der Waals surface area (Å²) in [5.74, 6) is 0.423. The Balaban J connectivity index is 1.82. The predicted octanol–water partition coefficient (Wildman–Crippen LogP) is 3.20. The average Bonchev–Trinajstić information content (AvgIpc) is 2.56. The van der Waals surface area contributed by atoms with Gasteiger partial charge in [-0.2, -0.15) is 0 Å². The lowest BCUT2D eigenvalue weighted by atomic mass is 9.85. The molecule has 0 aromatic carbocycles. The molecule has 1 N–H and O–H groups in total. The minimum atomic E-state index is -0.284. The summed E-state index contributed by atoms with van der Waals surface area (Å²) in [6.45, 7) is 10.3. The second kappa shape index (κ2) is 10.5. The summed E-state index contributed by atoms with van der Waals surface area (Å²) in [5.41, 5.74) is -0.263. The van der Waals surface area contributed by atoms with Gasteiger partial charge in [0.25, 0.3) is 0 Å². The molecule has 26 heavy (non-hydrogen) atoms. The summed E-state index contributed by atoms with van der Waals surface area (Å²) in [6.07, 6.45) is 6.82. The summed E-state index contributed by atoms with van der Waals surface area (Å²) >= 11 is 0. The van der Waals surface area contributed by atoms with E-state index in [1.54, 1.807) is 7.11 Å². The second-order valence-electron chi connectivity index (χ2n) is 8.75. The Bertz CT molecular complexity index is 425. The van der Waals surface area contributed by atoms with Crippen molar-refractivity contribution < 1.29 is 19.0 Å². The van der Waals surface area contributed by atoms with Crippen molar-refractivity contribution in [3.05, 3.63) is 0 Å². The Morgan fingerprint density at radius 1 is 1.12 bits per heavy atom. The van der Waals surface area contributed by atoms with Crippen LogP contribution in [0.5, 0.6) is 0 Å². The van der Waals surface area contributed by atoms with Crippen LogP contribution < -0.4 is 5.32 Å². The third-order valence-electron chi connectivity index (χ3n) is 5.17. The van der Waals surface area contributed by atoms with Crippen LogP contribution in [0.3, 0.4) is 0 Å². The predicted molar refractivity (Wildman–Crippen MR) is 102 cm³/mol. The molecule has 2 aliphatic rings. The fourth-order valence-electron chi connectivity index (χ4n) is 3.96. The highest BCUT2D eigenvalue weighted by molar-refractivity contribution is 5.68. The van der Waals surface area contributed by atoms with Gasteiger partial charge in [0, 0.05) is 31.7 Å². The van der Waals surface area contributed by atoms with E-state index in [1.165, 1.54) is 12.8 Å². The lowest BCUT2D eigenvalue weighted by molar-refractivity contribution is -0.0342. The molecule has 0 radical (unpaired) electrons. The molecule has 2 unspecified atom stereocenters. The van der Waals surface area contributed by atoms with Crippen LogP contribution >= 0.6 is 0 Å². The number of carbonyl (C=O) groups excluding carboxylic acids is 1. The summed E-state index contributed by atoms with van der Waals surface area (Å²) in [6, 6.07) is 0. The van der Waals surface area contributed by atoms with Crippen molar-refractivity contribution in [3.63, 3.8) is 0 Å². The second-order valence-corrected chi connectivity index (χ2v) is 8.75. The molecule has 152 valence electrons. The first-order valence-corrected chi connectivity index (χ1v) is 10.2. The van der Waals surface area contributed by atoms with Crippen molar-refractivity contribution in [2.24, 2.45) is 5.92 Å². The molecule has 6 heteroatoms. The van der Waals surface area contributed by atoms with Gasteiger partial charge in [-0.3, -0.25) is 0 Å². The quantitative estimate of drug-likeness (QED) is 0.698. The molecule has 1 saturated heterocycles. The zero-order valence-corrected chi connectivity index (χ0v) is 17.1. The molecular formula is C20H38N2O4. The number of alkyl carbamates (subject to hydrolysis) is 1. The summed E-state index contributed by atoms with van der Waals surface area (Å²) in [7, 11) is 1.70. The van der Waals surface area contributed by atoms with Gasteiger partial charge in [-0.25, -0.2) is 4.79 Å². The van der Waals surface area contributed by atoms with E-state index in [-0.39, 0.29) is 17.7 Å². The van der Waals surface area contributed by atoms with Gasteiger partial charge in [-0.15, -0.1) is 0 Å². The van der Waals surface area contributed by atoms with E-state index in [2.05, 4.69) is 10.2 Å². The van der Waals surface area contributed by atoms with Gasteiger partial charge in [0.05, 0.1) is 19.3 Å². The van der Waals surface area contributed by atoms with Crippen LogP contribution in [0.4, 0.5) is 4.79 Å². The Morgan fingerprint density at radius 2 is 1.88 bits per heavy atom. The average molecular weight is 371 g/mol. The van der Waals surface area contributed by atoms with E-state index < -0.39 is 0 Å². The Labute approximate surface area is 158 Å². The third kappa shape index (κ3) is 7.80. The van der Waals surface area contributed by atoms with E-state index in [9.17, 15) is 4.79 Å². The molecule has 1 heterocycles. The Hall–Kier alpha value is -0.850. The first kappa shape index (κ1) is 21.5. The number of ether oxygens (including phenoxy) is 3. The minimum absolute atomic E-state index is 0.0286. The summed E-state index contributed by atoms with van der Waals surface area (Å²) in [5, 5.41) is 2.92. The van der Waals surface area contributed by atoms with Crippen molar-refractivity contribution in [2.75, 3.05) is 40.0 Å². The van der Waals surface area contributed by atoms with E-state index in [0.717, 1.165) is 45.3 Å². The van der Waals surface area contributed by atoms with Crippen LogP contribution in [0.2, 0.25) is 0 Å². The van der Waals surface area contributed by atoms with Gasteiger partial charge in [0.1, 0.15) is 6.10 Å². The van der Waals surface area contributed by atoms with Crippen molar-refractivity contribution in [3.8, 4) is 0 Å². The number of nitrogens with one attached hydrogen (secondary N) is 1. The Kier molecular flexibility index (Phi) is 8.64. The monoisotopic (exact) mass is 370 g/mol. The largest absolute Gasteiger partial charge is 0.446 e. The number of methoxy groups -OCH3 is 1. The molecule has 3 atom stereocenters. The molecule has 1 amide bonds. The van der Waals surface area contributed by atoms with Crippen LogP contribution in [-0.4, -0.2) is 68.7 Å². The topological polar surface area (TPSA) is 60.0 Å². The molecule has 0 aromatic rings. The number of likely N-dealkylation sites (tertiary alicyclic amines) is 1. The van der Waals surface area contributed by atoms with Crippen LogP contribution in [0, 0.1) is 5.92 Å². The van der Waals surface area contributed by atoms with Gasteiger partial charge < -0.3 is 24.4 Å². The lowest BCUT2D eigenvalue weighted by Gasteiger charge is -2.38. The first-order valence-electron chi connectivity index (χ1n) is 10.2. The molecular weight excluding hydrogens is 332 g/mol. The normalized spacial score (nSPS) is 27.9. The first-order chi connectivity index (χ1) is 12.4. The van der Waals surface area contributed by atoms with Gasteiger partial charge in [0.15, 0.2) is 0 Å². The zero-order chi connectivity index (χ0) is 19.0. The molecule has 1 aliphatic carbocycles. The molecule has 0 bridgehead atoms. The van der Waals surface area contributed by atoms with E-state index in [4.69, 9.17) is 14.2 Å². The lowest BCUT2D eigenvalue weighted by Crippen LogP contribution is -2.47. The van der Waals surface area contributed by atoms with E-state index in [1.807, 2.05) is 20.8 Å². The third-order valence-corrected chi connectivity index (χ3v) is 5.17. The van der Waals surface area contributed by atoms with Gasteiger partial charge in [-0.05, 0) is 59.4 Å². The standard InChI is InChI=1S/C20H38N2O4/c1-20(2,3)21-19(23)26-18-10-6-5-8-16(18)14-22-11-7-9-17(15-22)25-13-12-24-4/h16-18H,5-15H2,1-4H3,(H,21,23)/t16?,17-,18?/m1/s1.